The maximum atomic E-state index is 13.4. The van der Waals surface area contributed by atoms with Gasteiger partial charge in [-0.3, -0.25) is 14.7 Å². The van der Waals surface area contributed by atoms with Crippen molar-refractivity contribution in [2.45, 2.75) is 58.7 Å². The van der Waals surface area contributed by atoms with Crippen LogP contribution in [0.1, 0.15) is 56.6 Å². The van der Waals surface area contributed by atoms with Gasteiger partial charge in [-0.15, -0.1) is 0 Å². The van der Waals surface area contributed by atoms with Gasteiger partial charge in [-0.25, -0.2) is 14.8 Å². The lowest BCUT2D eigenvalue weighted by molar-refractivity contribution is -0.149. The molecule has 218 valence electrons. The third kappa shape index (κ3) is 5.31. The Labute approximate surface area is 242 Å². The molecular formula is C30H33N7O5. The van der Waals surface area contributed by atoms with E-state index in [1.54, 1.807) is 0 Å². The van der Waals surface area contributed by atoms with Crippen LogP contribution in [0.5, 0.6) is 5.75 Å². The average molecular weight is 572 g/mol. The van der Waals surface area contributed by atoms with Crippen molar-refractivity contribution in [3.8, 4) is 5.75 Å². The lowest BCUT2D eigenvalue weighted by Gasteiger charge is -2.29. The minimum absolute atomic E-state index is 0.00385. The van der Waals surface area contributed by atoms with Gasteiger partial charge in [0, 0.05) is 18.5 Å². The van der Waals surface area contributed by atoms with Crippen LogP contribution in [0, 0.1) is 11.8 Å². The van der Waals surface area contributed by atoms with Gasteiger partial charge in [-0.1, -0.05) is 23.8 Å². The second kappa shape index (κ2) is 10.6. The van der Waals surface area contributed by atoms with Gasteiger partial charge in [0.25, 0.3) is 11.8 Å². The van der Waals surface area contributed by atoms with E-state index in [0.29, 0.717) is 40.4 Å². The van der Waals surface area contributed by atoms with Gasteiger partial charge in [0.2, 0.25) is 0 Å². The molecule has 1 fully saturated rings. The summed E-state index contributed by atoms with van der Waals surface area (Å²) in [6, 6.07) is 5.44. The van der Waals surface area contributed by atoms with Crippen molar-refractivity contribution in [1.82, 2.24) is 25.5 Å². The second-order valence-electron chi connectivity index (χ2n) is 11.8. The molecule has 12 heteroatoms. The summed E-state index contributed by atoms with van der Waals surface area (Å²) in [6.45, 7) is 7.95. The van der Waals surface area contributed by atoms with Crippen LogP contribution in [-0.4, -0.2) is 56.2 Å². The van der Waals surface area contributed by atoms with Crippen molar-refractivity contribution in [1.29, 1.82) is 0 Å². The minimum atomic E-state index is -0.568. The molecule has 2 unspecified atom stereocenters. The number of fused-ring (bicyclic) bond motifs is 3. The van der Waals surface area contributed by atoms with Crippen LogP contribution in [0.25, 0.3) is 11.0 Å². The summed E-state index contributed by atoms with van der Waals surface area (Å²) in [6.07, 6.45) is 6.82. The van der Waals surface area contributed by atoms with E-state index >= 15 is 0 Å². The first-order valence-corrected chi connectivity index (χ1v) is 14.0. The number of nitrogens with one attached hydrogen (secondary N) is 4. The molecule has 0 bridgehead atoms. The molecule has 4 N–H and O–H groups in total. The van der Waals surface area contributed by atoms with Crippen LogP contribution >= 0.6 is 0 Å². The number of carbonyl (C=O) groups is 3. The highest BCUT2D eigenvalue weighted by atomic mass is 16.6. The summed E-state index contributed by atoms with van der Waals surface area (Å²) in [4.78, 5) is 46.4. The predicted octanol–water partition coefficient (Wildman–Crippen LogP) is 3.65. The molecule has 12 nitrogen and oxygen atoms in total. The van der Waals surface area contributed by atoms with Gasteiger partial charge in [-0.05, 0) is 64.2 Å². The number of aromatic amines is 1. The van der Waals surface area contributed by atoms with Gasteiger partial charge in [0.05, 0.1) is 11.3 Å². The standard InChI is InChI=1S/C30H33N7O5/c1-15-17-8-9-20(19(17)7-6-18(15)29(40)42-30(2,3)4)35-28(39)26-24-25(32-14-33-26)27(37-36-24)31-12-16-5-10-22-21(11-16)34-23(38)13-41-22/h5-7,10-11,14,17,19-20H,8-9,12-13H2,1-4H3,(H,34,38)(H,35,39)(H2,31,36,37)/t17?,19?,20-/m0/s1. The molecule has 2 amide bonds. The third-order valence-corrected chi connectivity index (χ3v) is 7.82. The van der Waals surface area contributed by atoms with Crippen LogP contribution in [0.2, 0.25) is 0 Å². The molecule has 6 rings (SSSR count). The molecule has 0 radical (unpaired) electrons. The number of hydrogen-bond acceptors (Lipinski definition) is 9. The summed E-state index contributed by atoms with van der Waals surface area (Å²) in [5.74, 6) is 0.495. The first-order chi connectivity index (χ1) is 20.1. The Hall–Kier alpha value is -4.74. The molecule has 3 aliphatic rings. The van der Waals surface area contributed by atoms with E-state index in [2.05, 4.69) is 36.1 Å². The smallest absolute Gasteiger partial charge is 0.338 e. The number of benzene rings is 1. The zero-order valence-corrected chi connectivity index (χ0v) is 23.9. The number of esters is 1. The number of rotatable bonds is 6. The van der Waals surface area contributed by atoms with Gasteiger partial charge in [0.15, 0.2) is 18.1 Å². The van der Waals surface area contributed by atoms with Crippen LogP contribution in [0.15, 0.2) is 47.8 Å². The van der Waals surface area contributed by atoms with E-state index < -0.39 is 5.60 Å². The summed E-state index contributed by atoms with van der Waals surface area (Å²) in [5.41, 5.74) is 3.68. The molecule has 1 aromatic carbocycles. The number of allylic oxidation sites excluding steroid dienone is 1. The maximum absolute atomic E-state index is 13.4. The predicted molar refractivity (Wildman–Crippen MR) is 155 cm³/mol. The molecule has 3 heterocycles. The van der Waals surface area contributed by atoms with E-state index in [0.717, 1.165) is 24.0 Å². The highest BCUT2D eigenvalue weighted by Crippen LogP contribution is 2.42. The normalized spacial score (nSPS) is 21.3. The Morgan fingerprint density at radius 2 is 2.02 bits per heavy atom. The van der Waals surface area contributed by atoms with Crippen LogP contribution in [-0.2, 0) is 20.9 Å². The molecule has 0 spiro atoms. The Morgan fingerprint density at radius 1 is 1.19 bits per heavy atom. The second-order valence-corrected chi connectivity index (χ2v) is 11.8. The largest absolute Gasteiger partial charge is 0.482 e. The lowest BCUT2D eigenvalue weighted by atomic mass is 9.81. The Balaban J connectivity index is 1.13. The highest BCUT2D eigenvalue weighted by molar-refractivity contribution is 6.05. The molecule has 42 heavy (non-hydrogen) atoms. The SMILES string of the molecule is CC1=C(C(=O)OC(C)(C)C)C=CC2C1CC[C@@H]2NC(=O)c1ncnc2c(NCc3ccc4c(c3)NC(=O)CO4)n[nH]c12. The Kier molecular flexibility index (Phi) is 6.91. The Bertz CT molecular complexity index is 1650. The molecule has 1 aliphatic heterocycles. The number of hydrogen-bond donors (Lipinski definition) is 4. The first kappa shape index (κ1) is 27.4. The number of H-pyrrole nitrogens is 1. The third-order valence-electron chi connectivity index (χ3n) is 7.82. The molecule has 2 aliphatic carbocycles. The van der Waals surface area contributed by atoms with Crippen molar-refractivity contribution < 1.29 is 23.9 Å². The summed E-state index contributed by atoms with van der Waals surface area (Å²) >= 11 is 0. The molecule has 2 aromatic heterocycles. The number of aromatic nitrogens is 4. The first-order valence-electron chi connectivity index (χ1n) is 14.0. The molecule has 3 aromatic rings. The fourth-order valence-corrected chi connectivity index (χ4v) is 5.86. The topological polar surface area (TPSA) is 160 Å². The van der Waals surface area contributed by atoms with E-state index in [1.165, 1.54) is 6.33 Å². The highest BCUT2D eigenvalue weighted by Gasteiger charge is 2.40. The maximum Gasteiger partial charge on any atom is 0.338 e. The van der Waals surface area contributed by atoms with Gasteiger partial charge in [-0.2, -0.15) is 5.10 Å². The van der Waals surface area contributed by atoms with E-state index in [-0.39, 0.29) is 48.0 Å². The van der Waals surface area contributed by atoms with Crippen molar-refractivity contribution >= 4 is 40.3 Å². The van der Waals surface area contributed by atoms with Crippen molar-refractivity contribution in [3.05, 3.63) is 59.1 Å². The van der Waals surface area contributed by atoms with Gasteiger partial charge < -0.3 is 25.4 Å². The fraction of sp³-hybridized carbons (Fsp3) is 0.400. The summed E-state index contributed by atoms with van der Waals surface area (Å²) in [7, 11) is 0. The van der Waals surface area contributed by atoms with Crippen molar-refractivity contribution in [2.75, 3.05) is 17.2 Å². The molecule has 0 saturated heterocycles. The summed E-state index contributed by atoms with van der Waals surface area (Å²) in [5, 5.41) is 16.4. The van der Waals surface area contributed by atoms with E-state index in [9.17, 15) is 14.4 Å². The fourth-order valence-electron chi connectivity index (χ4n) is 5.86. The van der Waals surface area contributed by atoms with E-state index in [1.807, 2.05) is 58.0 Å². The number of anilines is 2. The molecule has 3 atom stereocenters. The number of nitrogens with zero attached hydrogens (tertiary/aromatic N) is 3. The minimum Gasteiger partial charge on any atom is -0.482 e. The Morgan fingerprint density at radius 3 is 2.83 bits per heavy atom. The molecular weight excluding hydrogens is 538 g/mol. The number of carbonyl (C=O) groups excluding carboxylic acids is 3. The van der Waals surface area contributed by atoms with Crippen molar-refractivity contribution in [3.63, 3.8) is 0 Å². The van der Waals surface area contributed by atoms with Gasteiger partial charge >= 0.3 is 5.97 Å². The van der Waals surface area contributed by atoms with Crippen LogP contribution < -0.4 is 20.7 Å². The van der Waals surface area contributed by atoms with Gasteiger partial charge in [0.1, 0.15) is 28.7 Å². The van der Waals surface area contributed by atoms with Crippen LogP contribution in [0.3, 0.4) is 0 Å². The number of ether oxygens (including phenoxy) is 2. The molecule has 1 saturated carbocycles. The quantitative estimate of drug-likeness (QED) is 0.324. The van der Waals surface area contributed by atoms with Crippen LogP contribution in [0.4, 0.5) is 11.5 Å². The zero-order chi connectivity index (χ0) is 29.6. The average Bonchev–Trinajstić information content (AvgIpc) is 3.55. The zero-order valence-electron chi connectivity index (χ0n) is 23.9. The lowest BCUT2D eigenvalue weighted by Crippen LogP contribution is -2.39. The van der Waals surface area contributed by atoms with E-state index in [4.69, 9.17) is 9.47 Å². The number of amides is 2. The van der Waals surface area contributed by atoms with Crippen molar-refractivity contribution in [2.24, 2.45) is 11.8 Å². The monoisotopic (exact) mass is 571 g/mol. The summed E-state index contributed by atoms with van der Waals surface area (Å²) < 4.78 is 11.0.